The fourth-order valence-corrected chi connectivity index (χ4v) is 2.12. The first kappa shape index (κ1) is 11.2. The monoisotopic (exact) mass is 288 g/mol. The van der Waals surface area contributed by atoms with E-state index in [2.05, 4.69) is 20.1 Å². The van der Waals surface area contributed by atoms with Crippen molar-refractivity contribution in [2.45, 2.75) is 0 Å². The zero-order valence-electron chi connectivity index (χ0n) is 10.1. The van der Waals surface area contributed by atoms with Crippen molar-refractivity contribution in [2.75, 3.05) is 6.79 Å². The molecule has 0 spiro atoms. The Labute approximate surface area is 117 Å². The molecule has 0 fully saturated rings. The van der Waals surface area contributed by atoms with Crippen LogP contribution in [0.2, 0.25) is 0 Å². The average Bonchev–Trinajstić information content (AvgIpc) is 3.16. The molecular weight excluding hydrogens is 280 g/mol. The van der Waals surface area contributed by atoms with Crippen LogP contribution in [0.4, 0.5) is 0 Å². The van der Waals surface area contributed by atoms with Gasteiger partial charge in [0.05, 0.1) is 6.20 Å². The molecule has 0 aliphatic carbocycles. The van der Waals surface area contributed by atoms with E-state index in [0.717, 1.165) is 5.65 Å². The van der Waals surface area contributed by atoms with Gasteiger partial charge in [0.15, 0.2) is 11.5 Å². The summed E-state index contributed by atoms with van der Waals surface area (Å²) in [6.45, 7) is 0.172. The van der Waals surface area contributed by atoms with Crippen molar-refractivity contribution in [3.05, 3.63) is 35.8 Å². The number of H-pyrrole nitrogens is 1. The van der Waals surface area contributed by atoms with Gasteiger partial charge in [0.2, 0.25) is 11.6 Å². The third-order valence-electron chi connectivity index (χ3n) is 2.80. The van der Waals surface area contributed by atoms with Crippen LogP contribution in [0.1, 0.15) is 0 Å². The van der Waals surface area contributed by atoms with E-state index < -0.39 is 0 Å². The van der Waals surface area contributed by atoms with Crippen LogP contribution in [0.5, 0.6) is 0 Å². The van der Waals surface area contributed by atoms with Crippen LogP contribution in [0, 0.1) is 4.77 Å². The van der Waals surface area contributed by atoms with Crippen LogP contribution in [-0.2, 0) is 9.47 Å². The van der Waals surface area contributed by atoms with Crippen LogP contribution in [-0.4, -0.2) is 35.9 Å². The van der Waals surface area contributed by atoms with E-state index in [1.54, 1.807) is 12.4 Å². The topological polar surface area (TPSA) is 82.3 Å². The summed E-state index contributed by atoms with van der Waals surface area (Å²) in [5, 5.41) is 3.03. The van der Waals surface area contributed by atoms with Crippen molar-refractivity contribution in [1.29, 1.82) is 0 Å². The molecule has 0 amide bonds. The summed E-state index contributed by atoms with van der Waals surface area (Å²) in [6.07, 6.45) is 8.49. The maximum atomic E-state index is 5.26. The van der Waals surface area contributed by atoms with Gasteiger partial charge in [-0.15, -0.1) is 0 Å². The third kappa shape index (κ3) is 1.67. The number of nitrogens with one attached hydrogen (secondary N) is 1. The third-order valence-corrected chi connectivity index (χ3v) is 3.08. The Morgan fingerprint density at radius 2 is 2.30 bits per heavy atom. The number of aromatic nitrogens is 6. The second-order valence-corrected chi connectivity index (χ2v) is 4.41. The molecule has 8 nitrogen and oxygen atoms in total. The molecule has 4 heterocycles. The lowest BCUT2D eigenvalue weighted by atomic mass is 10.5. The summed E-state index contributed by atoms with van der Waals surface area (Å²) in [7, 11) is 0. The maximum absolute atomic E-state index is 5.26. The van der Waals surface area contributed by atoms with Crippen LogP contribution in [0.3, 0.4) is 0 Å². The standard InChI is InChI=1S/C11H8N6O2S/c20-11-14-10(15-17(11)9-5-18-6-19-9)7-4-16-2-1-12-3-8(16)13-7/h1-5H,6H2,(H,14,15,20). The van der Waals surface area contributed by atoms with Gasteiger partial charge < -0.3 is 13.9 Å². The molecule has 3 aromatic heterocycles. The molecule has 3 aromatic rings. The van der Waals surface area contributed by atoms with E-state index >= 15 is 0 Å². The lowest BCUT2D eigenvalue weighted by molar-refractivity contribution is 0.0950. The smallest absolute Gasteiger partial charge is 0.254 e. The highest BCUT2D eigenvalue weighted by atomic mass is 32.1. The SMILES string of the molecule is S=c1nc(-c2cn3ccncc3n2)[nH]n1C1=COCO1. The Balaban J connectivity index is 1.82. The first-order chi connectivity index (χ1) is 9.81. The molecule has 0 saturated heterocycles. The predicted octanol–water partition coefficient (Wildman–Crippen LogP) is 1.41. The van der Waals surface area contributed by atoms with Gasteiger partial charge >= 0.3 is 0 Å². The average molecular weight is 288 g/mol. The highest BCUT2D eigenvalue weighted by Crippen LogP contribution is 2.18. The number of nitrogens with zero attached hydrogens (tertiary/aromatic N) is 5. The molecule has 0 aromatic carbocycles. The van der Waals surface area contributed by atoms with E-state index in [4.69, 9.17) is 21.7 Å². The summed E-state index contributed by atoms with van der Waals surface area (Å²) in [6, 6.07) is 0. The van der Waals surface area contributed by atoms with Gasteiger partial charge in [-0.2, -0.15) is 9.67 Å². The summed E-state index contributed by atoms with van der Waals surface area (Å²) in [5.74, 6) is 1.02. The van der Waals surface area contributed by atoms with Crippen molar-refractivity contribution < 1.29 is 9.47 Å². The zero-order chi connectivity index (χ0) is 13.5. The lowest BCUT2D eigenvalue weighted by Crippen LogP contribution is -1.99. The highest BCUT2D eigenvalue weighted by Gasteiger charge is 2.15. The predicted molar refractivity (Wildman–Crippen MR) is 70.7 cm³/mol. The molecule has 1 aliphatic heterocycles. The maximum Gasteiger partial charge on any atom is 0.254 e. The molecule has 4 rings (SSSR count). The Morgan fingerprint density at radius 1 is 1.35 bits per heavy atom. The fraction of sp³-hybridized carbons (Fsp3) is 0.0909. The quantitative estimate of drug-likeness (QED) is 0.718. The van der Waals surface area contributed by atoms with Crippen LogP contribution in [0.25, 0.3) is 23.0 Å². The zero-order valence-corrected chi connectivity index (χ0v) is 10.9. The molecule has 0 unspecified atom stereocenters. The fourth-order valence-electron chi connectivity index (χ4n) is 1.90. The first-order valence-electron chi connectivity index (χ1n) is 5.74. The van der Waals surface area contributed by atoms with Gasteiger partial charge in [-0.05, 0) is 12.2 Å². The van der Waals surface area contributed by atoms with Crippen LogP contribution < -0.4 is 0 Å². The second-order valence-electron chi connectivity index (χ2n) is 4.04. The van der Waals surface area contributed by atoms with E-state index in [9.17, 15) is 0 Å². The minimum absolute atomic E-state index is 0.172. The number of fused-ring (bicyclic) bond motifs is 1. The number of hydrogen-bond acceptors (Lipinski definition) is 6. The molecule has 0 radical (unpaired) electrons. The summed E-state index contributed by atoms with van der Waals surface area (Å²) >= 11 is 5.19. The molecule has 0 bridgehead atoms. The number of imidazole rings is 1. The van der Waals surface area contributed by atoms with Crippen molar-refractivity contribution in [3.8, 4) is 11.5 Å². The van der Waals surface area contributed by atoms with Crippen molar-refractivity contribution >= 4 is 23.7 Å². The lowest BCUT2D eigenvalue weighted by Gasteiger charge is -1.99. The first-order valence-corrected chi connectivity index (χ1v) is 6.15. The number of rotatable bonds is 2. The van der Waals surface area contributed by atoms with Gasteiger partial charge in [-0.3, -0.25) is 10.1 Å². The van der Waals surface area contributed by atoms with E-state index in [1.165, 1.54) is 10.9 Å². The van der Waals surface area contributed by atoms with E-state index in [-0.39, 0.29) is 6.79 Å². The minimum Gasteiger partial charge on any atom is -0.459 e. The normalized spacial score (nSPS) is 14.1. The van der Waals surface area contributed by atoms with Gasteiger partial charge in [-0.25, -0.2) is 4.98 Å². The summed E-state index contributed by atoms with van der Waals surface area (Å²) in [4.78, 5) is 12.7. The second kappa shape index (κ2) is 4.17. The van der Waals surface area contributed by atoms with Gasteiger partial charge in [-0.1, -0.05) is 0 Å². The largest absolute Gasteiger partial charge is 0.459 e. The van der Waals surface area contributed by atoms with E-state index in [1.807, 2.05) is 16.8 Å². The number of ether oxygens (including phenoxy) is 2. The van der Waals surface area contributed by atoms with Gasteiger partial charge in [0.1, 0.15) is 12.0 Å². The summed E-state index contributed by atoms with van der Waals surface area (Å²) < 4.78 is 14.0. The van der Waals surface area contributed by atoms with Crippen LogP contribution in [0.15, 0.2) is 31.0 Å². The molecule has 0 saturated carbocycles. The Hall–Kier alpha value is -2.68. The minimum atomic E-state index is 0.172. The molecule has 1 aliphatic rings. The molecule has 9 heteroatoms. The Morgan fingerprint density at radius 3 is 3.10 bits per heavy atom. The molecule has 100 valence electrons. The van der Waals surface area contributed by atoms with Crippen molar-refractivity contribution in [2.24, 2.45) is 0 Å². The van der Waals surface area contributed by atoms with Gasteiger partial charge in [0.25, 0.3) is 5.88 Å². The molecule has 0 atom stereocenters. The van der Waals surface area contributed by atoms with Crippen molar-refractivity contribution in [1.82, 2.24) is 29.1 Å². The highest BCUT2D eigenvalue weighted by molar-refractivity contribution is 7.71. The Bertz CT molecular complexity index is 843. The Kier molecular flexibility index (Phi) is 2.33. The van der Waals surface area contributed by atoms with Gasteiger partial charge in [0, 0.05) is 18.6 Å². The molecule has 20 heavy (non-hydrogen) atoms. The molecule has 1 N–H and O–H groups in total. The molecular formula is C11H8N6O2S. The van der Waals surface area contributed by atoms with Crippen molar-refractivity contribution in [3.63, 3.8) is 0 Å². The van der Waals surface area contributed by atoms with E-state index in [0.29, 0.717) is 22.2 Å². The summed E-state index contributed by atoms with van der Waals surface area (Å²) in [5.41, 5.74) is 1.40. The number of aromatic amines is 1. The van der Waals surface area contributed by atoms with Crippen LogP contribution >= 0.6 is 12.2 Å². The number of hydrogen-bond donors (Lipinski definition) is 1.